The van der Waals surface area contributed by atoms with Gasteiger partial charge < -0.3 is 10.1 Å². The van der Waals surface area contributed by atoms with E-state index in [1.54, 1.807) is 7.11 Å². The van der Waals surface area contributed by atoms with Gasteiger partial charge in [-0.2, -0.15) is 0 Å². The zero-order valence-corrected chi connectivity index (χ0v) is 11.1. The Balaban J connectivity index is 1.45. The van der Waals surface area contributed by atoms with E-state index in [0.717, 1.165) is 24.3 Å². The molecule has 98 valence electrons. The minimum absolute atomic E-state index is 0.688. The third-order valence-corrected chi connectivity index (χ3v) is 4.17. The van der Waals surface area contributed by atoms with Crippen LogP contribution in [0, 0.1) is 17.8 Å². The van der Waals surface area contributed by atoms with Crippen molar-refractivity contribution in [3.05, 3.63) is 23.9 Å². The van der Waals surface area contributed by atoms with Gasteiger partial charge in [-0.3, -0.25) is 0 Å². The molecule has 2 aliphatic rings. The second kappa shape index (κ2) is 5.27. The zero-order chi connectivity index (χ0) is 12.4. The van der Waals surface area contributed by atoms with Gasteiger partial charge in [0, 0.05) is 18.8 Å². The third kappa shape index (κ3) is 3.02. The molecule has 2 fully saturated rings. The molecule has 0 saturated heterocycles. The van der Waals surface area contributed by atoms with Gasteiger partial charge in [0.15, 0.2) is 0 Å². The number of nitrogens with one attached hydrogen (secondary N) is 1. The van der Waals surface area contributed by atoms with Gasteiger partial charge in [0.25, 0.3) is 0 Å². The SMILES string of the molecule is COc1ccc(CNCC(C2CC2)C2CC2)cn1. The van der Waals surface area contributed by atoms with Crippen molar-refractivity contribution >= 4 is 0 Å². The van der Waals surface area contributed by atoms with Crippen molar-refractivity contribution in [2.45, 2.75) is 32.2 Å². The van der Waals surface area contributed by atoms with Crippen LogP contribution >= 0.6 is 0 Å². The highest BCUT2D eigenvalue weighted by Gasteiger charge is 2.40. The molecule has 0 bridgehead atoms. The molecule has 1 aromatic rings. The van der Waals surface area contributed by atoms with Crippen LogP contribution in [-0.2, 0) is 6.54 Å². The minimum Gasteiger partial charge on any atom is -0.481 e. The Morgan fingerprint density at radius 2 is 2.00 bits per heavy atom. The molecule has 18 heavy (non-hydrogen) atoms. The molecule has 2 aliphatic carbocycles. The van der Waals surface area contributed by atoms with E-state index < -0.39 is 0 Å². The molecule has 1 N–H and O–H groups in total. The van der Waals surface area contributed by atoms with E-state index in [-0.39, 0.29) is 0 Å². The topological polar surface area (TPSA) is 34.1 Å². The summed E-state index contributed by atoms with van der Waals surface area (Å²) in [6.07, 6.45) is 7.76. The van der Waals surface area contributed by atoms with Crippen molar-refractivity contribution in [2.75, 3.05) is 13.7 Å². The smallest absolute Gasteiger partial charge is 0.212 e. The summed E-state index contributed by atoms with van der Waals surface area (Å²) in [5.41, 5.74) is 1.24. The molecule has 1 heterocycles. The summed E-state index contributed by atoms with van der Waals surface area (Å²) in [6.45, 7) is 2.11. The summed E-state index contributed by atoms with van der Waals surface area (Å²) in [5.74, 6) is 3.68. The number of hydrogen-bond donors (Lipinski definition) is 1. The summed E-state index contributed by atoms with van der Waals surface area (Å²) in [5, 5.41) is 3.60. The van der Waals surface area contributed by atoms with Crippen LogP contribution in [0.5, 0.6) is 5.88 Å². The minimum atomic E-state index is 0.688. The van der Waals surface area contributed by atoms with Crippen molar-refractivity contribution in [2.24, 2.45) is 17.8 Å². The summed E-state index contributed by atoms with van der Waals surface area (Å²) in [7, 11) is 1.65. The molecular weight excluding hydrogens is 224 g/mol. The monoisotopic (exact) mass is 246 g/mol. The molecule has 0 aliphatic heterocycles. The molecule has 0 amide bonds. The normalized spacial score (nSPS) is 19.2. The van der Waals surface area contributed by atoms with Crippen LogP contribution in [0.3, 0.4) is 0 Å². The van der Waals surface area contributed by atoms with Crippen molar-refractivity contribution in [3.8, 4) is 5.88 Å². The van der Waals surface area contributed by atoms with E-state index in [0.29, 0.717) is 5.88 Å². The predicted octanol–water partition coefficient (Wildman–Crippen LogP) is 2.62. The molecule has 3 heteroatoms. The van der Waals surface area contributed by atoms with E-state index in [1.807, 2.05) is 12.3 Å². The van der Waals surface area contributed by atoms with Gasteiger partial charge in [-0.1, -0.05) is 6.07 Å². The third-order valence-electron chi connectivity index (χ3n) is 4.17. The summed E-state index contributed by atoms with van der Waals surface area (Å²) in [6, 6.07) is 4.01. The lowest BCUT2D eigenvalue weighted by atomic mass is 9.98. The average Bonchev–Trinajstić information content (AvgIpc) is 3.29. The van der Waals surface area contributed by atoms with Crippen LogP contribution in [0.1, 0.15) is 31.2 Å². The zero-order valence-electron chi connectivity index (χ0n) is 11.1. The van der Waals surface area contributed by atoms with Gasteiger partial charge in [-0.05, 0) is 55.5 Å². The first-order valence-corrected chi connectivity index (χ1v) is 7.06. The highest BCUT2D eigenvalue weighted by atomic mass is 16.5. The number of nitrogens with zero attached hydrogens (tertiary/aromatic N) is 1. The summed E-state index contributed by atoms with van der Waals surface area (Å²) in [4.78, 5) is 4.23. The number of hydrogen-bond acceptors (Lipinski definition) is 3. The standard InChI is InChI=1S/C15H22N2O/c1-18-15-7-2-11(9-17-15)8-16-10-14(12-3-4-12)13-5-6-13/h2,7,9,12-14,16H,3-6,8,10H2,1H3. The number of pyridine rings is 1. The lowest BCUT2D eigenvalue weighted by molar-refractivity contribution is 0.378. The van der Waals surface area contributed by atoms with Crippen LogP contribution in [-0.4, -0.2) is 18.6 Å². The maximum atomic E-state index is 5.06. The molecule has 0 unspecified atom stereocenters. The van der Waals surface area contributed by atoms with E-state index >= 15 is 0 Å². The Kier molecular flexibility index (Phi) is 3.50. The molecule has 2 saturated carbocycles. The number of ether oxygens (including phenoxy) is 1. The first kappa shape index (κ1) is 12.0. The number of aromatic nitrogens is 1. The molecule has 0 spiro atoms. The average molecular weight is 246 g/mol. The number of methoxy groups -OCH3 is 1. The maximum Gasteiger partial charge on any atom is 0.212 e. The quantitative estimate of drug-likeness (QED) is 0.803. The van der Waals surface area contributed by atoms with Crippen LogP contribution in [0.15, 0.2) is 18.3 Å². The van der Waals surface area contributed by atoms with Crippen molar-refractivity contribution in [1.29, 1.82) is 0 Å². The van der Waals surface area contributed by atoms with Gasteiger partial charge in [-0.25, -0.2) is 4.98 Å². The van der Waals surface area contributed by atoms with Crippen LogP contribution < -0.4 is 10.1 Å². The van der Waals surface area contributed by atoms with Crippen LogP contribution in [0.2, 0.25) is 0 Å². The van der Waals surface area contributed by atoms with Gasteiger partial charge in [-0.15, -0.1) is 0 Å². The van der Waals surface area contributed by atoms with Crippen molar-refractivity contribution < 1.29 is 4.74 Å². The van der Waals surface area contributed by atoms with Crippen LogP contribution in [0.4, 0.5) is 0 Å². The van der Waals surface area contributed by atoms with Gasteiger partial charge in [0.05, 0.1) is 7.11 Å². The first-order chi connectivity index (χ1) is 8.86. The van der Waals surface area contributed by atoms with E-state index in [1.165, 1.54) is 37.8 Å². The Labute approximate surface area is 109 Å². The number of rotatable bonds is 7. The first-order valence-electron chi connectivity index (χ1n) is 7.06. The van der Waals surface area contributed by atoms with E-state index in [4.69, 9.17) is 4.74 Å². The highest BCUT2D eigenvalue weighted by molar-refractivity contribution is 5.17. The lowest BCUT2D eigenvalue weighted by Crippen LogP contribution is -2.25. The van der Waals surface area contributed by atoms with Crippen molar-refractivity contribution in [3.63, 3.8) is 0 Å². The Bertz CT molecular complexity index is 370. The highest BCUT2D eigenvalue weighted by Crippen LogP contribution is 2.48. The summed E-state index contributed by atoms with van der Waals surface area (Å²) < 4.78 is 5.06. The summed E-state index contributed by atoms with van der Waals surface area (Å²) >= 11 is 0. The van der Waals surface area contributed by atoms with Gasteiger partial charge in [0.2, 0.25) is 5.88 Å². The molecular formula is C15H22N2O. The van der Waals surface area contributed by atoms with E-state index in [9.17, 15) is 0 Å². The second-order valence-electron chi connectivity index (χ2n) is 5.68. The fourth-order valence-electron chi connectivity index (χ4n) is 2.79. The predicted molar refractivity (Wildman–Crippen MR) is 71.4 cm³/mol. The molecule has 3 nitrogen and oxygen atoms in total. The molecule has 0 aromatic carbocycles. The Morgan fingerprint density at radius 1 is 1.28 bits per heavy atom. The fourth-order valence-corrected chi connectivity index (χ4v) is 2.79. The Morgan fingerprint density at radius 3 is 2.50 bits per heavy atom. The molecule has 0 radical (unpaired) electrons. The Hall–Kier alpha value is -1.09. The van der Waals surface area contributed by atoms with Gasteiger partial charge >= 0.3 is 0 Å². The van der Waals surface area contributed by atoms with Crippen LogP contribution in [0.25, 0.3) is 0 Å². The van der Waals surface area contributed by atoms with Crippen molar-refractivity contribution in [1.82, 2.24) is 10.3 Å². The van der Waals surface area contributed by atoms with E-state index in [2.05, 4.69) is 16.4 Å². The van der Waals surface area contributed by atoms with Gasteiger partial charge in [0.1, 0.15) is 0 Å². The molecule has 3 rings (SSSR count). The lowest BCUT2D eigenvalue weighted by Gasteiger charge is -2.16. The fraction of sp³-hybridized carbons (Fsp3) is 0.667. The maximum absolute atomic E-state index is 5.06. The molecule has 0 atom stereocenters. The molecule has 1 aromatic heterocycles. The largest absolute Gasteiger partial charge is 0.481 e. The second-order valence-corrected chi connectivity index (χ2v) is 5.68.